The van der Waals surface area contributed by atoms with E-state index in [1.54, 1.807) is 30.3 Å². The highest BCUT2D eigenvalue weighted by molar-refractivity contribution is 6.02. The molecular formula is C24H24O3. The summed E-state index contributed by atoms with van der Waals surface area (Å²) in [5.74, 6) is 3.72. The molecule has 3 nitrogen and oxygen atoms in total. The van der Waals surface area contributed by atoms with Crippen molar-refractivity contribution in [3.05, 3.63) is 70.8 Å². The minimum atomic E-state index is -0.846. The molecule has 0 unspecified atom stereocenters. The average molecular weight is 360 g/mol. The summed E-state index contributed by atoms with van der Waals surface area (Å²) in [4.78, 5) is 23.8. The van der Waals surface area contributed by atoms with E-state index in [1.807, 2.05) is 6.07 Å². The molecule has 3 heteroatoms. The van der Waals surface area contributed by atoms with E-state index in [-0.39, 0.29) is 10.8 Å². The van der Waals surface area contributed by atoms with Crippen LogP contribution in [-0.4, -0.2) is 11.9 Å². The van der Waals surface area contributed by atoms with Gasteiger partial charge >= 0.3 is 11.9 Å². The molecule has 0 aromatic heterocycles. The molecule has 0 amide bonds. The van der Waals surface area contributed by atoms with Gasteiger partial charge in [-0.15, -0.1) is 0 Å². The van der Waals surface area contributed by atoms with Crippen LogP contribution in [0.5, 0.6) is 0 Å². The van der Waals surface area contributed by atoms with Gasteiger partial charge in [0.1, 0.15) is 0 Å². The van der Waals surface area contributed by atoms with Gasteiger partial charge in [-0.05, 0) is 59.1 Å². The second-order valence-electron chi connectivity index (χ2n) is 8.32. The second kappa shape index (κ2) is 7.04. The van der Waals surface area contributed by atoms with Crippen molar-refractivity contribution in [1.29, 1.82) is 0 Å². The van der Waals surface area contributed by atoms with E-state index in [0.29, 0.717) is 5.56 Å². The largest absolute Gasteiger partial charge is 0.392 e. The summed E-state index contributed by atoms with van der Waals surface area (Å²) in [7, 11) is 0. The van der Waals surface area contributed by atoms with Crippen molar-refractivity contribution in [2.75, 3.05) is 0 Å². The fraction of sp³-hybridized carbons (Fsp3) is 0.333. The fourth-order valence-electron chi connectivity index (χ4n) is 3.53. The molecule has 2 aromatic rings. The molecule has 27 heavy (non-hydrogen) atoms. The highest BCUT2D eigenvalue weighted by atomic mass is 16.6. The average Bonchev–Trinajstić information content (AvgIpc) is 2.64. The van der Waals surface area contributed by atoms with Crippen LogP contribution in [0.15, 0.2) is 48.5 Å². The number of benzene rings is 2. The van der Waals surface area contributed by atoms with Gasteiger partial charge in [-0.25, -0.2) is 9.59 Å². The summed E-state index contributed by atoms with van der Waals surface area (Å²) in [5, 5.41) is 0. The third-order valence-electron chi connectivity index (χ3n) is 5.36. The van der Waals surface area contributed by atoms with Crippen molar-refractivity contribution in [2.45, 2.75) is 51.4 Å². The zero-order chi connectivity index (χ0) is 19.7. The number of carbonyl (C=O) groups excluding carboxylic acids is 2. The molecular weight excluding hydrogens is 336 g/mol. The monoisotopic (exact) mass is 360 g/mol. The first-order chi connectivity index (χ1) is 12.7. The standard InChI is InChI=1S/C24H24O3/c1-23(2)14-15-24(3,4)20-16-17(10-12-19(20)23)11-13-21(25)27-22(26)18-8-6-5-7-9-18/h5-10,12,16H,14-15H2,1-4H3. The minimum Gasteiger partial charge on any atom is -0.379 e. The molecule has 0 saturated heterocycles. The molecule has 138 valence electrons. The first-order valence-corrected chi connectivity index (χ1v) is 9.17. The van der Waals surface area contributed by atoms with E-state index < -0.39 is 11.9 Å². The number of carbonyl (C=O) groups is 2. The molecule has 0 atom stereocenters. The lowest BCUT2D eigenvalue weighted by atomic mass is 9.63. The summed E-state index contributed by atoms with van der Waals surface area (Å²) >= 11 is 0. The van der Waals surface area contributed by atoms with Crippen LogP contribution in [-0.2, 0) is 20.4 Å². The van der Waals surface area contributed by atoms with Crippen LogP contribution in [0.1, 0.15) is 67.6 Å². The van der Waals surface area contributed by atoms with Gasteiger partial charge in [0, 0.05) is 11.5 Å². The highest BCUT2D eigenvalue weighted by Crippen LogP contribution is 2.45. The lowest BCUT2D eigenvalue weighted by Crippen LogP contribution is -2.33. The Morgan fingerprint density at radius 2 is 1.52 bits per heavy atom. The van der Waals surface area contributed by atoms with Gasteiger partial charge < -0.3 is 4.74 Å². The van der Waals surface area contributed by atoms with Crippen LogP contribution < -0.4 is 0 Å². The van der Waals surface area contributed by atoms with E-state index in [2.05, 4.69) is 51.7 Å². The number of hydrogen-bond acceptors (Lipinski definition) is 3. The van der Waals surface area contributed by atoms with Gasteiger partial charge in [-0.1, -0.05) is 57.9 Å². The molecule has 0 radical (unpaired) electrons. The molecule has 3 rings (SSSR count). The topological polar surface area (TPSA) is 43.4 Å². The van der Waals surface area contributed by atoms with Crippen LogP contribution in [0.25, 0.3) is 0 Å². The van der Waals surface area contributed by atoms with Crippen LogP contribution in [0, 0.1) is 11.8 Å². The van der Waals surface area contributed by atoms with Crippen molar-refractivity contribution in [3.63, 3.8) is 0 Å². The van der Waals surface area contributed by atoms with Crippen molar-refractivity contribution < 1.29 is 14.3 Å². The maximum Gasteiger partial charge on any atom is 0.392 e. The second-order valence-corrected chi connectivity index (χ2v) is 8.32. The molecule has 0 bridgehead atoms. The number of ether oxygens (including phenoxy) is 1. The molecule has 1 aliphatic carbocycles. The smallest absolute Gasteiger partial charge is 0.379 e. The zero-order valence-corrected chi connectivity index (χ0v) is 16.3. The lowest BCUT2D eigenvalue weighted by molar-refractivity contribution is -0.131. The Morgan fingerprint density at radius 1 is 0.889 bits per heavy atom. The number of fused-ring (bicyclic) bond motifs is 1. The summed E-state index contributed by atoms with van der Waals surface area (Å²) in [6.07, 6.45) is 2.25. The van der Waals surface area contributed by atoms with E-state index in [4.69, 9.17) is 4.74 Å². The quantitative estimate of drug-likeness (QED) is 0.418. The first kappa shape index (κ1) is 18.9. The maximum absolute atomic E-state index is 11.9. The Balaban J connectivity index is 1.79. The van der Waals surface area contributed by atoms with Gasteiger partial charge in [0.2, 0.25) is 0 Å². The Bertz CT molecular complexity index is 941. The van der Waals surface area contributed by atoms with Gasteiger partial charge in [-0.3, -0.25) is 0 Å². The summed E-state index contributed by atoms with van der Waals surface area (Å²) in [6, 6.07) is 14.5. The third kappa shape index (κ3) is 4.11. The predicted octanol–water partition coefficient (Wildman–Crippen LogP) is 4.77. The summed E-state index contributed by atoms with van der Waals surface area (Å²) in [6.45, 7) is 9.01. The molecule has 0 spiro atoms. The predicted molar refractivity (Wildman–Crippen MR) is 105 cm³/mol. The molecule has 0 fully saturated rings. The van der Waals surface area contributed by atoms with Gasteiger partial charge in [-0.2, -0.15) is 0 Å². The Kier molecular flexibility index (Phi) is 4.93. The maximum atomic E-state index is 11.9. The van der Waals surface area contributed by atoms with E-state index in [1.165, 1.54) is 11.1 Å². The zero-order valence-electron chi connectivity index (χ0n) is 16.3. The van der Waals surface area contributed by atoms with Crippen molar-refractivity contribution in [1.82, 2.24) is 0 Å². The first-order valence-electron chi connectivity index (χ1n) is 9.17. The van der Waals surface area contributed by atoms with Crippen LogP contribution in [0.3, 0.4) is 0 Å². The molecule has 1 aliphatic rings. The number of esters is 2. The normalized spacial score (nSPS) is 16.4. The highest BCUT2D eigenvalue weighted by Gasteiger charge is 2.36. The fourth-order valence-corrected chi connectivity index (χ4v) is 3.53. The van der Waals surface area contributed by atoms with Gasteiger partial charge in [0.25, 0.3) is 0 Å². The van der Waals surface area contributed by atoms with E-state index in [9.17, 15) is 9.59 Å². The SMILES string of the molecule is CC1(C)CCC(C)(C)c2cc(C#CC(=O)OC(=O)c3ccccc3)ccc21. The van der Waals surface area contributed by atoms with E-state index in [0.717, 1.165) is 18.4 Å². The number of rotatable bonds is 1. The Hall–Kier alpha value is -2.86. The molecule has 0 heterocycles. The minimum absolute atomic E-state index is 0.0757. The summed E-state index contributed by atoms with van der Waals surface area (Å²) < 4.78 is 4.79. The van der Waals surface area contributed by atoms with Gasteiger partial charge in [0.05, 0.1) is 5.56 Å². The van der Waals surface area contributed by atoms with Crippen molar-refractivity contribution in [3.8, 4) is 11.8 Å². The molecule has 0 saturated carbocycles. The lowest BCUT2D eigenvalue weighted by Gasteiger charge is -2.41. The Labute approximate surface area is 160 Å². The molecule has 0 N–H and O–H groups in total. The third-order valence-corrected chi connectivity index (χ3v) is 5.36. The number of hydrogen-bond donors (Lipinski definition) is 0. The van der Waals surface area contributed by atoms with Gasteiger partial charge in [0.15, 0.2) is 0 Å². The molecule has 0 aliphatic heterocycles. The van der Waals surface area contributed by atoms with Crippen LogP contribution >= 0.6 is 0 Å². The Morgan fingerprint density at radius 3 is 2.19 bits per heavy atom. The van der Waals surface area contributed by atoms with Crippen LogP contribution in [0.4, 0.5) is 0 Å². The summed E-state index contributed by atoms with van der Waals surface area (Å²) in [5.41, 5.74) is 3.91. The van der Waals surface area contributed by atoms with Crippen LogP contribution in [0.2, 0.25) is 0 Å². The van der Waals surface area contributed by atoms with E-state index >= 15 is 0 Å². The van der Waals surface area contributed by atoms with Crippen molar-refractivity contribution in [2.24, 2.45) is 0 Å². The molecule has 2 aromatic carbocycles. The van der Waals surface area contributed by atoms with Crippen molar-refractivity contribution >= 4 is 11.9 Å².